The number of benzene rings is 2. The van der Waals surface area contributed by atoms with Gasteiger partial charge < -0.3 is 15.0 Å². The number of anilines is 1. The number of nitrogens with zero attached hydrogens (tertiary/aromatic N) is 2. The van der Waals surface area contributed by atoms with Gasteiger partial charge in [0.1, 0.15) is 5.75 Å². The third-order valence-corrected chi connectivity index (χ3v) is 4.70. The molecular weight excluding hydrogens is 390 g/mol. The Bertz CT molecular complexity index is 887. The predicted octanol–water partition coefficient (Wildman–Crippen LogP) is 4.03. The second kappa shape index (κ2) is 11.1. The Kier molecular flexibility index (Phi) is 8.50. The molecule has 0 heterocycles. The fourth-order valence-corrected chi connectivity index (χ4v) is 2.97. The van der Waals surface area contributed by atoms with Gasteiger partial charge in [-0.05, 0) is 56.2 Å². The minimum atomic E-state index is -0.143. The summed E-state index contributed by atoms with van der Waals surface area (Å²) in [6.07, 6.45) is 0.875. The van der Waals surface area contributed by atoms with Crippen LogP contribution >= 0.6 is 11.6 Å². The average molecular weight is 414 g/mol. The van der Waals surface area contributed by atoms with Crippen LogP contribution < -0.4 is 10.1 Å². The highest BCUT2D eigenvalue weighted by atomic mass is 35.5. The van der Waals surface area contributed by atoms with Crippen LogP contribution in [0.2, 0.25) is 5.02 Å². The van der Waals surface area contributed by atoms with Gasteiger partial charge in [0.05, 0.1) is 16.7 Å². The molecular formula is C22H24ClN3O3. The fourth-order valence-electron chi connectivity index (χ4n) is 2.73. The molecule has 0 aromatic heterocycles. The number of amides is 2. The molecule has 7 heteroatoms. The second-order valence-corrected chi connectivity index (χ2v) is 6.76. The van der Waals surface area contributed by atoms with Crippen molar-refractivity contribution >= 4 is 29.1 Å². The van der Waals surface area contributed by atoms with E-state index in [2.05, 4.69) is 11.4 Å². The molecule has 0 aliphatic carbocycles. The number of halogens is 1. The minimum absolute atomic E-state index is 0.0856. The summed E-state index contributed by atoms with van der Waals surface area (Å²) in [4.78, 5) is 25.9. The summed E-state index contributed by atoms with van der Waals surface area (Å²) in [7, 11) is 0. The summed E-state index contributed by atoms with van der Waals surface area (Å²) in [5.74, 6) is 0.143. The van der Waals surface area contributed by atoms with Gasteiger partial charge >= 0.3 is 0 Å². The van der Waals surface area contributed by atoms with Gasteiger partial charge in [-0.25, -0.2) is 0 Å². The van der Waals surface area contributed by atoms with Crippen molar-refractivity contribution < 1.29 is 14.3 Å². The van der Waals surface area contributed by atoms with Crippen LogP contribution in [0.3, 0.4) is 0 Å². The van der Waals surface area contributed by atoms with Crippen LogP contribution in [0.1, 0.15) is 31.4 Å². The lowest BCUT2D eigenvalue weighted by molar-refractivity contribution is -0.133. The summed E-state index contributed by atoms with van der Waals surface area (Å²) in [6, 6.07) is 14.1. The molecule has 0 spiro atoms. The van der Waals surface area contributed by atoms with Gasteiger partial charge in [0.15, 0.2) is 6.61 Å². The molecule has 2 aromatic carbocycles. The van der Waals surface area contributed by atoms with Crippen molar-refractivity contribution in [3.63, 3.8) is 0 Å². The number of likely N-dealkylation sites (N-methyl/N-ethyl adjacent to an activating group) is 1. The van der Waals surface area contributed by atoms with Crippen molar-refractivity contribution in [1.29, 1.82) is 5.26 Å². The average Bonchev–Trinajstić information content (AvgIpc) is 2.73. The van der Waals surface area contributed by atoms with E-state index in [0.717, 1.165) is 5.56 Å². The molecule has 0 radical (unpaired) electrons. The first-order chi connectivity index (χ1) is 14.0. The maximum absolute atomic E-state index is 12.2. The lowest BCUT2D eigenvalue weighted by Crippen LogP contribution is -2.34. The largest absolute Gasteiger partial charge is 0.482 e. The third kappa shape index (κ3) is 6.81. The molecule has 0 atom stereocenters. The quantitative estimate of drug-likeness (QED) is 0.672. The summed E-state index contributed by atoms with van der Waals surface area (Å²) in [5, 5.41) is 11.9. The van der Waals surface area contributed by atoms with Crippen LogP contribution in [0.4, 0.5) is 5.69 Å². The highest BCUT2D eigenvalue weighted by Crippen LogP contribution is 2.28. The highest BCUT2D eigenvalue weighted by Gasteiger charge is 2.12. The first-order valence-electron chi connectivity index (χ1n) is 9.45. The van der Waals surface area contributed by atoms with E-state index in [1.54, 1.807) is 35.2 Å². The van der Waals surface area contributed by atoms with E-state index in [4.69, 9.17) is 21.6 Å². The molecule has 6 nitrogen and oxygen atoms in total. The smallest absolute Gasteiger partial charge is 0.260 e. The summed E-state index contributed by atoms with van der Waals surface area (Å²) in [5.41, 5.74) is 2.13. The number of ether oxygens (including phenoxy) is 1. The second-order valence-electron chi connectivity index (χ2n) is 6.36. The van der Waals surface area contributed by atoms with E-state index < -0.39 is 0 Å². The molecule has 29 heavy (non-hydrogen) atoms. The molecule has 0 unspecified atom stereocenters. The number of aryl methyl sites for hydroxylation is 1. The van der Waals surface area contributed by atoms with Gasteiger partial charge in [0, 0.05) is 25.2 Å². The number of nitriles is 1. The zero-order chi connectivity index (χ0) is 21.2. The standard InChI is InChI=1S/C22H24ClN3O3/c1-3-26(4-2)22(28)15-29-20-11-10-18(13-19(20)23)25-21(27)12-9-16-5-7-17(14-24)8-6-16/h5-8,10-11,13H,3-4,9,12,15H2,1-2H3,(H,25,27). The number of carbonyl (C=O) groups excluding carboxylic acids is 2. The van der Waals surface area contributed by atoms with Crippen molar-refractivity contribution in [2.24, 2.45) is 0 Å². The number of nitrogens with one attached hydrogen (secondary N) is 1. The molecule has 0 aliphatic rings. The Hall–Kier alpha value is -3.04. The maximum atomic E-state index is 12.2. The third-order valence-electron chi connectivity index (χ3n) is 4.41. The number of rotatable bonds is 9. The molecule has 0 saturated carbocycles. The van der Waals surface area contributed by atoms with Crippen LogP contribution in [-0.2, 0) is 16.0 Å². The van der Waals surface area contributed by atoms with Crippen molar-refractivity contribution in [3.8, 4) is 11.8 Å². The Morgan fingerprint density at radius 2 is 1.83 bits per heavy atom. The molecule has 2 amide bonds. The summed E-state index contributed by atoms with van der Waals surface area (Å²) in [6.45, 7) is 4.98. The summed E-state index contributed by atoms with van der Waals surface area (Å²) >= 11 is 6.22. The summed E-state index contributed by atoms with van der Waals surface area (Å²) < 4.78 is 5.51. The van der Waals surface area contributed by atoms with Gasteiger partial charge in [0.25, 0.3) is 5.91 Å². The number of hydrogen-bond donors (Lipinski definition) is 1. The minimum Gasteiger partial charge on any atom is -0.482 e. The first-order valence-corrected chi connectivity index (χ1v) is 9.83. The Morgan fingerprint density at radius 3 is 2.41 bits per heavy atom. The molecule has 0 aliphatic heterocycles. The monoisotopic (exact) mass is 413 g/mol. The maximum Gasteiger partial charge on any atom is 0.260 e. The van der Waals surface area contributed by atoms with E-state index in [9.17, 15) is 9.59 Å². The van der Waals surface area contributed by atoms with Crippen LogP contribution in [0.15, 0.2) is 42.5 Å². The van der Waals surface area contributed by atoms with E-state index in [1.165, 1.54) is 0 Å². The van der Waals surface area contributed by atoms with Gasteiger partial charge in [-0.1, -0.05) is 23.7 Å². The van der Waals surface area contributed by atoms with Crippen LogP contribution in [0, 0.1) is 11.3 Å². The van der Waals surface area contributed by atoms with Crippen molar-refractivity contribution in [3.05, 3.63) is 58.6 Å². The van der Waals surface area contributed by atoms with Gasteiger partial charge in [0.2, 0.25) is 5.91 Å². The zero-order valence-electron chi connectivity index (χ0n) is 16.6. The predicted molar refractivity (Wildman–Crippen MR) is 113 cm³/mol. The number of carbonyl (C=O) groups is 2. The van der Waals surface area contributed by atoms with Crippen LogP contribution in [0.5, 0.6) is 5.75 Å². The molecule has 1 N–H and O–H groups in total. The van der Waals surface area contributed by atoms with Crippen LogP contribution in [0.25, 0.3) is 0 Å². The lowest BCUT2D eigenvalue weighted by atomic mass is 10.1. The van der Waals surface area contributed by atoms with Crippen molar-refractivity contribution in [1.82, 2.24) is 4.90 Å². The van der Waals surface area contributed by atoms with E-state index in [0.29, 0.717) is 48.0 Å². The topological polar surface area (TPSA) is 82.4 Å². The van der Waals surface area contributed by atoms with Gasteiger partial charge in [-0.3, -0.25) is 9.59 Å². The fraction of sp³-hybridized carbons (Fsp3) is 0.318. The molecule has 2 rings (SSSR count). The highest BCUT2D eigenvalue weighted by molar-refractivity contribution is 6.32. The lowest BCUT2D eigenvalue weighted by Gasteiger charge is -2.19. The normalized spacial score (nSPS) is 10.1. The van der Waals surface area contributed by atoms with Crippen LogP contribution in [-0.4, -0.2) is 36.4 Å². The molecule has 2 aromatic rings. The van der Waals surface area contributed by atoms with E-state index in [-0.39, 0.29) is 18.4 Å². The first kappa shape index (κ1) is 22.3. The van der Waals surface area contributed by atoms with E-state index >= 15 is 0 Å². The van der Waals surface area contributed by atoms with Gasteiger partial charge in [-0.15, -0.1) is 0 Å². The Labute approximate surface area is 176 Å². The Balaban J connectivity index is 1.86. The SMILES string of the molecule is CCN(CC)C(=O)COc1ccc(NC(=O)CCc2ccc(C#N)cc2)cc1Cl. The van der Waals surface area contributed by atoms with Crippen molar-refractivity contribution in [2.75, 3.05) is 25.0 Å². The van der Waals surface area contributed by atoms with Crippen molar-refractivity contribution in [2.45, 2.75) is 26.7 Å². The van der Waals surface area contributed by atoms with Gasteiger partial charge in [-0.2, -0.15) is 5.26 Å². The van der Waals surface area contributed by atoms with E-state index in [1.807, 2.05) is 26.0 Å². The Morgan fingerprint density at radius 1 is 1.14 bits per heavy atom. The zero-order valence-corrected chi connectivity index (χ0v) is 17.3. The molecule has 0 fully saturated rings. The molecule has 152 valence electrons. The number of hydrogen-bond acceptors (Lipinski definition) is 4. The molecule has 0 saturated heterocycles. The molecule has 0 bridgehead atoms.